The molecule has 1 aromatic carbocycles. The maximum absolute atomic E-state index is 12.4. The maximum Gasteiger partial charge on any atom is 0.347 e. The molecule has 1 fully saturated rings. The summed E-state index contributed by atoms with van der Waals surface area (Å²) in [5.41, 5.74) is 0.594. The maximum atomic E-state index is 12.4. The fraction of sp³-hybridized carbons (Fsp3) is 0.412. The highest BCUT2D eigenvalue weighted by Crippen LogP contribution is 2.52. The Balaban J connectivity index is 1.88. The van der Waals surface area contributed by atoms with Crippen LogP contribution in [-0.2, 0) is 11.2 Å². The van der Waals surface area contributed by atoms with Crippen LogP contribution in [0, 0.1) is 0 Å². The number of carbonyl (C=O) groups is 1. The SMILES string of the molecule is COc1cc2c(c3oc(=O)c4c(c13)CCC4=O)[C@@H]1C(O)C(O)O[C@@H]1O2. The molecule has 130 valence electrons. The number of hydrogen-bond acceptors (Lipinski definition) is 8. The highest BCUT2D eigenvalue weighted by Gasteiger charge is 2.52. The number of fused-ring (bicyclic) bond motifs is 7. The monoisotopic (exact) mass is 346 g/mol. The van der Waals surface area contributed by atoms with E-state index in [9.17, 15) is 19.8 Å². The predicted octanol–water partition coefficient (Wildman–Crippen LogP) is 0.442. The number of ketones is 1. The molecule has 3 aliphatic rings. The van der Waals surface area contributed by atoms with E-state index >= 15 is 0 Å². The third-order valence-electron chi connectivity index (χ3n) is 5.15. The number of ether oxygens (including phenoxy) is 3. The second-order valence-electron chi connectivity index (χ2n) is 6.39. The van der Waals surface area contributed by atoms with Crippen LogP contribution in [0.1, 0.15) is 33.8 Å². The molecule has 1 aliphatic carbocycles. The first kappa shape index (κ1) is 14.9. The minimum Gasteiger partial charge on any atom is -0.496 e. The lowest BCUT2D eigenvalue weighted by Crippen LogP contribution is -2.24. The molecular weight excluding hydrogens is 332 g/mol. The fourth-order valence-electron chi connectivity index (χ4n) is 4.05. The molecule has 4 atom stereocenters. The summed E-state index contributed by atoms with van der Waals surface area (Å²) in [6, 6.07) is 1.63. The molecule has 0 amide bonds. The molecular formula is C17H14O8. The molecule has 0 radical (unpaired) electrons. The van der Waals surface area contributed by atoms with Crippen LogP contribution in [0.4, 0.5) is 0 Å². The highest BCUT2D eigenvalue weighted by molar-refractivity contribution is 6.06. The van der Waals surface area contributed by atoms with Gasteiger partial charge in [0.1, 0.15) is 28.7 Å². The second kappa shape index (κ2) is 4.81. The molecule has 8 heteroatoms. The fourth-order valence-corrected chi connectivity index (χ4v) is 4.05. The Hall–Kier alpha value is -2.42. The molecule has 25 heavy (non-hydrogen) atoms. The molecule has 2 aliphatic heterocycles. The standard InChI is InChI=1S/C17H14O8/c1-22-7-4-8-11(12-13(19)16(21)25-17(12)23-8)14-10(7)5-2-3-6(18)9(5)15(20)24-14/h4,12-13,16-17,19,21H,2-3H2,1H3/t12-,13?,16?,17+/m1/s1. The van der Waals surface area contributed by atoms with Gasteiger partial charge >= 0.3 is 5.63 Å². The zero-order valence-corrected chi connectivity index (χ0v) is 13.1. The van der Waals surface area contributed by atoms with E-state index in [0.717, 1.165) is 0 Å². The summed E-state index contributed by atoms with van der Waals surface area (Å²) in [6.07, 6.45) is -2.82. The lowest BCUT2D eigenvalue weighted by atomic mass is 9.92. The van der Waals surface area contributed by atoms with E-state index in [1.54, 1.807) is 6.07 Å². The van der Waals surface area contributed by atoms with Gasteiger partial charge in [-0.3, -0.25) is 4.79 Å². The summed E-state index contributed by atoms with van der Waals surface area (Å²) >= 11 is 0. The van der Waals surface area contributed by atoms with Crippen LogP contribution in [-0.4, -0.2) is 41.8 Å². The van der Waals surface area contributed by atoms with E-state index in [1.165, 1.54) is 7.11 Å². The van der Waals surface area contributed by atoms with E-state index < -0.39 is 30.2 Å². The van der Waals surface area contributed by atoms with Gasteiger partial charge in [0.25, 0.3) is 0 Å². The average molecular weight is 346 g/mol. The van der Waals surface area contributed by atoms with Crippen LogP contribution >= 0.6 is 0 Å². The minimum absolute atomic E-state index is 0.0597. The van der Waals surface area contributed by atoms with Gasteiger partial charge in [-0.2, -0.15) is 0 Å². The molecule has 0 saturated carbocycles. The molecule has 1 aromatic heterocycles. The summed E-state index contributed by atoms with van der Waals surface area (Å²) in [5.74, 6) is -0.171. The van der Waals surface area contributed by atoms with Crippen molar-refractivity contribution < 1.29 is 33.6 Å². The normalized spacial score (nSPS) is 29.5. The van der Waals surface area contributed by atoms with Gasteiger partial charge in [-0.25, -0.2) is 4.79 Å². The van der Waals surface area contributed by atoms with Crippen LogP contribution in [0.2, 0.25) is 0 Å². The van der Waals surface area contributed by atoms with Crippen molar-refractivity contribution >= 4 is 16.8 Å². The first-order chi connectivity index (χ1) is 12.0. The number of benzene rings is 1. The number of aliphatic hydroxyl groups excluding tert-OH is 2. The van der Waals surface area contributed by atoms with Crippen LogP contribution < -0.4 is 15.1 Å². The van der Waals surface area contributed by atoms with Gasteiger partial charge in [0.15, 0.2) is 12.1 Å². The zero-order valence-electron chi connectivity index (χ0n) is 13.1. The van der Waals surface area contributed by atoms with Crippen LogP contribution in [0.15, 0.2) is 15.3 Å². The van der Waals surface area contributed by atoms with Gasteiger partial charge in [0.05, 0.1) is 24.0 Å². The first-order valence-corrected chi connectivity index (χ1v) is 7.93. The molecule has 0 bridgehead atoms. The number of Topliss-reactive ketones (excluding diaryl/α,β-unsaturated/α-hetero) is 1. The summed E-state index contributed by atoms with van der Waals surface area (Å²) in [6.45, 7) is 0. The third kappa shape index (κ3) is 1.76. The molecule has 3 heterocycles. The number of hydrogen-bond donors (Lipinski definition) is 2. The van der Waals surface area contributed by atoms with Gasteiger partial charge < -0.3 is 28.8 Å². The Kier molecular flexibility index (Phi) is 2.87. The van der Waals surface area contributed by atoms with Gasteiger partial charge in [-0.15, -0.1) is 0 Å². The highest BCUT2D eigenvalue weighted by atomic mass is 16.7. The van der Waals surface area contributed by atoms with E-state index in [-0.39, 0.29) is 23.4 Å². The predicted molar refractivity (Wildman–Crippen MR) is 81.9 cm³/mol. The number of methoxy groups -OCH3 is 1. The van der Waals surface area contributed by atoms with Gasteiger partial charge in [-0.1, -0.05) is 0 Å². The van der Waals surface area contributed by atoms with Crippen molar-refractivity contribution in [2.24, 2.45) is 0 Å². The smallest absolute Gasteiger partial charge is 0.347 e. The topological polar surface area (TPSA) is 115 Å². The molecule has 2 N–H and O–H groups in total. The summed E-state index contributed by atoms with van der Waals surface area (Å²) in [7, 11) is 1.47. The average Bonchev–Trinajstić information content (AvgIpc) is 3.21. The van der Waals surface area contributed by atoms with Crippen molar-refractivity contribution in [2.75, 3.05) is 7.11 Å². The van der Waals surface area contributed by atoms with E-state index in [2.05, 4.69) is 0 Å². The van der Waals surface area contributed by atoms with Gasteiger partial charge in [0, 0.05) is 12.5 Å². The van der Waals surface area contributed by atoms with Crippen LogP contribution in [0.5, 0.6) is 11.5 Å². The van der Waals surface area contributed by atoms with E-state index in [1.807, 2.05) is 0 Å². The molecule has 1 saturated heterocycles. The Morgan fingerprint density at radius 3 is 2.80 bits per heavy atom. The third-order valence-corrected chi connectivity index (χ3v) is 5.15. The Morgan fingerprint density at radius 1 is 1.24 bits per heavy atom. The van der Waals surface area contributed by atoms with Gasteiger partial charge in [-0.05, 0) is 12.0 Å². The van der Waals surface area contributed by atoms with Crippen molar-refractivity contribution in [1.29, 1.82) is 0 Å². The Morgan fingerprint density at radius 2 is 2.04 bits per heavy atom. The first-order valence-electron chi connectivity index (χ1n) is 7.93. The van der Waals surface area contributed by atoms with Crippen LogP contribution in [0.25, 0.3) is 11.0 Å². The number of rotatable bonds is 1. The second-order valence-corrected chi connectivity index (χ2v) is 6.39. The summed E-state index contributed by atoms with van der Waals surface area (Å²) in [5, 5.41) is 20.5. The van der Waals surface area contributed by atoms with Crippen molar-refractivity contribution in [3.05, 3.63) is 33.2 Å². The lowest BCUT2D eigenvalue weighted by molar-refractivity contribution is -0.165. The summed E-state index contributed by atoms with van der Waals surface area (Å²) < 4.78 is 21.7. The van der Waals surface area contributed by atoms with E-state index in [0.29, 0.717) is 34.4 Å². The van der Waals surface area contributed by atoms with Gasteiger partial charge in [0.2, 0.25) is 6.29 Å². The largest absolute Gasteiger partial charge is 0.496 e. The summed E-state index contributed by atoms with van der Waals surface area (Å²) in [4.78, 5) is 24.4. The number of aliphatic hydroxyl groups is 2. The molecule has 5 rings (SSSR count). The van der Waals surface area contributed by atoms with Crippen molar-refractivity contribution in [3.63, 3.8) is 0 Å². The van der Waals surface area contributed by atoms with Crippen molar-refractivity contribution in [3.8, 4) is 11.5 Å². The molecule has 0 spiro atoms. The molecule has 8 nitrogen and oxygen atoms in total. The van der Waals surface area contributed by atoms with Crippen LogP contribution in [0.3, 0.4) is 0 Å². The van der Waals surface area contributed by atoms with Crippen molar-refractivity contribution in [1.82, 2.24) is 0 Å². The van der Waals surface area contributed by atoms with E-state index in [4.69, 9.17) is 18.6 Å². The lowest BCUT2D eigenvalue weighted by Gasteiger charge is -2.16. The molecule has 2 unspecified atom stereocenters. The minimum atomic E-state index is -1.39. The zero-order chi connectivity index (χ0) is 17.5. The quantitative estimate of drug-likeness (QED) is 0.715. The number of aryl methyl sites for hydroxylation is 1. The van der Waals surface area contributed by atoms with Crippen molar-refractivity contribution in [2.45, 2.75) is 37.4 Å². The Labute approximate surface area is 140 Å². The molecule has 2 aromatic rings. The number of carbonyl (C=O) groups excluding carboxylic acids is 1. The Bertz CT molecular complexity index is 991.